The molecule has 6 heteroatoms. The van der Waals surface area contributed by atoms with Gasteiger partial charge in [-0.25, -0.2) is 0 Å². The summed E-state index contributed by atoms with van der Waals surface area (Å²) in [4.78, 5) is 25.0. The lowest BCUT2D eigenvalue weighted by Crippen LogP contribution is -2.26. The zero-order valence-electron chi connectivity index (χ0n) is 14.9. The maximum Gasteiger partial charge on any atom is 0.224 e. The van der Waals surface area contributed by atoms with Crippen molar-refractivity contribution in [3.63, 3.8) is 0 Å². The van der Waals surface area contributed by atoms with Crippen LogP contribution >= 0.6 is 11.6 Å². The Morgan fingerprint density at radius 2 is 1.76 bits per heavy atom. The summed E-state index contributed by atoms with van der Waals surface area (Å²) in [5, 5.41) is 2.81. The zero-order valence-corrected chi connectivity index (χ0v) is 15.7. The Labute approximate surface area is 153 Å². The Morgan fingerprint density at radius 1 is 1.12 bits per heavy atom. The van der Waals surface area contributed by atoms with Crippen molar-refractivity contribution in [1.82, 2.24) is 5.32 Å². The van der Waals surface area contributed by atoms with Crippen LogP contribution in [0.2, 0.25) is 0 Å². The molecule has 0 spiro atoms. The van der Waals surface area contributed by atoms with Crippen LogP contribution in [0.4, 0.5) is 0 Å². The SMILES string of the molecule is CCCCC(=O)NC1=C(CCCCl)c2cc(OC)c(OC)cc2C1=O. The number of amides is 1. The van der Waals surface area contributed by atoms with E-state index >= 15 is 0 Å². The van der Waals surface area contributed by atoms with Crippen LogP contribution in [0.3, 0.4) is 0 Å². The van der Waals surface area contributed by atoms with Gasteiger partial charge in [0.2, 0.25) is 11.7 Å². The molecule has 0 radical (unpaired) electrons. The van der Waals surface area contributed by atoms with Gasteiger partial charge in [0.1, 0.15) is 0 Å². The van der Waals surface area contributed by atoms with Crippen LogP contribution in [-0.2, 0) is 4.79 Å². The van der Waals surface area contributed by atoms with E-state index in [-0.39, 0.29) is 11.7 Å². The monoisotopic (exact) mass is 365 g/mol. The van der Waals surface area contributed by atoms with Gasteiger partial charge in [0.15, 0.2) is 11.5 Å². The number of halogens is 1. The van der Waals surface area contributed by atoms with Crippen molar-refractivity contribution in [1.29, 1.82) is 0 Å². The summed E-state index contributed by atoms with van der Waals surface area (Å²) < 4.78 is 10.6. The summed E-state index contributed by atoms with van der Waals surface area (Å²) >= 11 is 5.83. The molecule has 2 rings (SSSR count). The molecular weight excluding hydrogens is 342 g/mol. The minimum Gasteiger partial charge on any atom is -0.493 e. The fraction of sp³-hybridized carbons (Fsp3) is 0.474. The molecule has 0 heterocycles. The van der Waals surface area contributed by atoms with Crippen molar-refractivity contribution in [3.05, 3.63) is 29.0 Å². The maximum absolute atomic E-state index is 12.8. The number of ketones is 1. The first kappa shape index (κ1) is 19.3. The van der Waals surface area contributed by atoms with Crippen molar-refractivity contribution >= 4 is 28.9 Å². The molecule has 1 N–H and O–H groups in total. The number of hydrogen-bond acceptors (Lipinski definition) is 4. The van der Waals surface area contributed by atoms with E-state index in [4.69, 9.17) is 21.1 Å². The number of allylic oxidation sites excluding steroid dienone is 2. The number of hydrogen-bond donors (Lipinski definition) is 1. The van der Waals surface area contributed by atoms with Crippen LogP contribution in [0.5, 0.6) is 11.5 Å². The Balaban J connectivity index is 2.42. The molecule has 0 unspecified atom stereocenters. The molecule has 25 heavy (non-hydrogen) atoms. The average Bonchev–Trinajstić information content (AvgIpc) is 2.88. The summed E-state index contributed by atoms with van der Waals surface area (Å²) in [7, 11) is 3.08. The second-order valence-corrected chi connectivity index (χ2v) is 6.26. The third-order valence-electron chi connectivity index (χ3n) is 4.20. The van der Waals surface area contributed by atoms with Crippen molar-refractivity contribution in [2.75, 3.05) is 20.1 Å². The number of carbonyl (C=O) groups is 2. The second-order valence-electron chi connectivity index (χ2n) is 5.88. The highest BCUT2D eigenvalue weighted by atomic mass is 35.5. The van der Waals surface area contributed by atoms with Gasteiger partial charge in [0.25, 0.3) is 0 Å². The van der Waals surface area contributed by atoms with E-state index in [0.717, 1.165) is 24.0 Å². The van der Waals surface area contributed by atoms with Crippen molar-refractivity contribution in [2.45, 2.75) is 39.0 Å². The molecule has 1 aromatic rings. The third kappa shape index (κ3) is 4.15. The van der Waals surface area contributed by atoms with Gasteiger partial charge in [-0.2, -0.15) is 0 Å². The van der Waals surface area contributed by atoms with E-state index < -0.39 is 0 Å². The lowest BCUT2D eigenvalue weighted by atomic mass is 10.0. The zero-order chi connectivity index (χ0) is 18.4. The Kier molecular flexibility index (Phi) is 6.88. The lowest BCUT2D eigenvalue weighted by molar-refractivity contribution is -0.120. The normalized spacial score (nSPS) is 13.0. The van der Waals surface area contributed by atoms with Gasteiger partial charge in [0, 0.05) is 17.9 Å². The molecule has 1 aliphatic rings. The smallest absolute Gasteiger partial charge is 0.224 e. The number of alkyl halides is 1. The first-order valence-corrected chi connectivity index (χ1v) is 9.00. The van der Waals surface area contributed by atoms with Crippen LogP contribution in [0.1, 0.15) is 54.9 Å². The number of benzene rings is 1. The van der Waals surface area contributed by atoms with E-state index in [1.165, 1.54) is 7.11 Å². The lowest BCUT2D eigenvalue weighted by Gasteiger charge is -2.11. The van der Waals surface area contributed by atoms with Gasteiger partial charge < -0.3 is 14.8 Å². The molecule has 5 nitrogen and oxygen atoms in total. The van der Waals surface area contributed by atoms with E-state index in [0.29, 0.717) is 47.9 Å². The predicted octanol–water partition coefficient (Wildman–Crippen LogP) is 3.94. The van der Waals surface area contributed by atoms with Crippen LogP contribution in [0.15, 0.2) is 17.8 Å². The van der Waals surface area contributed by atoms with Gasteiger partial charge >= 0.3 is 0 Å². The molecule has 1 amide bonds. The van der Waals surface area contributed by atoms with Crippen molar-refractivity contribution in [3.8, 4) is 11.5 Å². The van der Waals surface area contributed by atoms with E-state index in [1.54, 1.807) is 19.2 Å². The van der Waals surface area contributed by atoms with Gasteiger partial charge in [-0.1, -0.05) is 13.3 Å². The number of Topliss-reactive ketones (excluding diaryl/α,β-unsaturated/α-hetero) is 1. The number of rotatable bonds is 9. The van der Waals surface area contributed by atoms with Gasteiger partial charge in [-0.05, 0) is 42.5 Å². The molecule has 0 bridgehead atoms. The minimum atomic E-state index is -0.189. The molecule has 136 valence electrons. The Morgan fingerprint density at radius 3 is 2.32 bits per heavy atom. The summed E-state index contributed by atoms with van der Waals surface area (Å²) in [5.74, 6) is 1.20. The van der Waals surface area contributed by atoms with Crippen LogP contribution < -0.4 is 14.8 Å². The molecule has 0 aromatic heterocycles. The molecule has 0 saturated carbocycles. The van der Waals surface area contributed by atoms with Crippen LogP contribution in [0.25, 0.3) is 5.57 Å². The molecule has 1 aliphatic carbocycles. The van der Waals surface area contributed by atoms with Crippen LogP contribution in [-0.4, -0.2) is 31.8 Å². The van der Waals surface area contributed by atoms with Gasteiger partial charge in [-0.3, -0.25) is 9.59 Å². The van der Waals surface area contributed by atoms with E-state index in [1.807, 2.05) is 6.92 Å². The number of nitrogens with one attached hydrogen (secondary N) is 1. The standard InChI is InChI=1S/C19H24ClNO4/c1-4-5-8-17(22)21-18-12(7-6-9-20)13-10-15(24-2)16(25-3)11-14(13)19(18)23/h10-11H,4-9H2,1-3H3,(H,21,22,23). The molecular formula is C19H24ClNO4. The van der Waals surface area contributed by atoms with Crippen molar-refractivity contribution in [2.24, 2.45) is 0 Å². The van der Waals surface area contributed by atoms with E-state index in [9.17, 15) is 9.59 Å². The predicted molar refractivity (Wildman–Crippen MR) is 98.4 cm³/mol. The summed E-state index contributed by atoms with van der Waals surface area (Å²) in [6, 6.07) is 3.46. The fourth-order valence-electron chi connectivity index (χ4n) is 2.90. The second kappa shape index (κ2) is 8.90. The topological polar surface area (TPSA) is 64.6 Å². The first-order valence-electron chi connectivity index (χ1n) is 8.47. The highest BCUT2D eigenvalue weighted by Gasteiger charge is 2.32. The molecule has 0 aliphatic heterocycles. The molecule has 0 fully saturated rings. The highest BCUT2D eigenvalue weighted by Crippen LogP contribution is 2.41. The average molecular weight is 366 g/mol. The van der Waals surface area contributed by atoms with Crippen LogP contribution in [0, 0.1) is 0 Å². The quantitative estimate of drug-likeness (QED) is 0.673. The highest BCUT2D eigenvalue weighted by molar-refractivity contribution is 6.22. The Hall–Kier alpha value is -2.01. The number of unbranched alkanes of at least 4 members (excludes halogenated alkanes) is 1. The molecule has 0 saturated heterocycles. The maximum atomic E-state index is 12.8. The number of methoxy groups -OCH3 is 2. The minimum absolute atomic E-state index is 0.139. The van der Waals surface area contributed by atoms with Gasteiger partial charge in [0.05, 0.1) is 19.9 Å². The summed E-state index contributed by atoms with van der Waals surface area (Å²) in [6.07, 6.45) is 3.44. The number of fused-ring (bicyclic) bond motifs is 1. The number of ether oxygens (including phenoxy) is 2. The largest absolute Gasteiger partial charge is 0.493 e. The Bertz CT molecular complexity index is 697. The summed E-state index contributed by atoms with van der Waals surface area (Å²) in [5.41, 5.74) is 2.47. The molecule has 1 aromatic carbocycles. The first-order chi connectivity index (χ1) is 12.1. The fourth-order valence-corrected chi connectivity index (χ4v) is 3.03. The summed E-state index contributed by atoms with van der Waals surface area (Å²) in [6.45, 7) is 2.02. The van der Waals surface area contributed by atoms with E-state index in [2.05, 4.69) is 5.32 Å². The molecule has 0 atom stereocenters. The number of carbonyl (C=O) groups excluding carboxylic acids is 2. The third-order valence-corrected chi connectivity index (χ3v) is 4.47. The van der Waals surface area contributed by atoms with Gasteiger partial charge in [-0.15, -0.1) is 11.6 Å². The van der Waals surface area contributed by atoms with Crippen molar-refractivity contribution < 1.29 is 19.1 Å².